The Morgan fingerprint density at radius 2 is 2.29 bits per heavy atom. The summed E-state index contributed by atoms with van der Waals surface area (Å²) in [6.07, 6.45) is 1.94. The summed E-state index contributed by atoms with van der Waals surface area (Å²) < 4.78 is 0. The summed E-state index contributed by atoms with van der Waals surface area (Å²) in [5.41, 5.74) is 1.33. The number of likely N-dealkylation sites (N-methyl/N-ethyl adjacent to an activating group) is 1. The molecule has 17 heavy (non-hydrogen) atoms. The van der Waals surface area contributed by atoms with E-state index in [-0.39, 0.29) is 5.92 Å². The van der Waals surface area contributed by atoms with Crippen LogP contribution in [0.15, 0.2) is 24.3 Å². The van der Waals surface area contributed by atoms with Crippen LogP contribution >= 0.6 is 0 Å². The van der Waals surface area contributed by atoms with Crippen LogP contribution in [0.5, 0.6) is 0 Å². The van der Waals surface area contributed by atoms with E-state index in [1.807, 2.05) is 6.07 Å². The molecular weight excluding hydrogens is 216 g/mol. The van der Waals surface area contributed by atoms with Crippen LogP contribution in [-0.4, -0.2) is 24.2 Å². The number of carboxylic acid groups (broad SMARTS) is 1. The Morgan fingerprint density at radius 1 is 1.59 bits per heavy atom. The number of aliphatic carboxylic acids is 1. The van der Waals surface area contributed by atoms with Gasteiger partial charge in [-0.15, -0.1) is 0 Å². The summed E-state index contributed by atoms with van der Waals surface area (Å²) >= 11 is 0. The van der Waals surface area contributed by atoms with Crippen LogP contribution in [0.1, 0.15) is 18.4 Å². The number of rotatable bonds is 4. The molecule has 2 rings (SSSR count). The van der Waals surface area contributed by atoms with Crippen molar-refractivity contribution in [3.63, 3.8) is 0 Å². The zero-order valence-corrected chi connectivity index (χ0v) is 9.63. The second-order valence-corrected chi connectivity index (χ2v) is 4.39. The van der Waals surface area contributed by atoms with E-state index in [0.717, 1.165) is 18.5 Å². The second kappa shape index (κ2) is 4.46. The fraction of sp³-hybridized carbons (Fsp3) is 0.385. The first-order valence-corrected chi connectivity index (χ1v) is 5.59. The highest BCUT2D eigenvalue weighted by atomic mass is 16.4. The number of carboxylic acids is 1. The van der Waals surface area contributed by atoms with Gasteiger partial charge in [0.1, 0.15) is 6.04 Å². The Labute approximate surface area is 100 Å². The molecular formula is C13H14N2O2. The van der Waals surface area contributed by atoms with E-state index < -0.39 is 12.0 Å². The number of anilines is 1. The first-order valence-electron chi connectivity index (χ1n) is 5.59. The van der Waals surface area contributed by atoms with Gasteiger partial charge in [0, 0.05) is 12.7 Å². The molecule has 1 saturated carbocycles. The van der Waals surface area contributed by atoms with Crippen molar-refractivity contribution in [1.82, 2.24) is 0 Å². The maximum atomic E-state index is 11.2. The lowest BCUT2D eigenvalue weighted by atomic mass is 10.1. The third kappa shape index (κ3) is 2.39. The topological polar surface area (TPSA) is 64.3 Å². The van der Waals surface area contributed by atoms with E-state index in [4.69, 9.17) is 5.26 Å². The van der Waals surface area contributed by atoms with Crippen LogP contribution < -0.4 is 4.90 Å². The zero-order chi connectivity index (χ0) is 12.4. The van der Waals surface area contributed by atoms with E-state index >= 15 is 0 Å². The zero-order valence-electron chi connectivity index (χ0n) is 9.63. The van der Waals surface area contributed by atoms with Crippen LogP contribution in [-0.2, 0) is 4.79 Å². The van der Waals surface area contributed by atoms with Crippen molar-refractivity contribution < 1.29 is 9.90 Å². The van der Waals surface area contributed by atoms with Gasteiger partial charge in [-0.25, -0.2) is 4.79 Å². The fourth-order valence-electron chi connectivity index (χ4n) is 2.05. The second-order valence-electron chi connectivity index (χ2n) is 4.39. The average molecular weight is 230 g/mol. The highest BCUT2D eigenvalue weighted by Gasteiger charge is 2.39. The Hall–Kier alpha value is -2.02. The molecule has 1 aliphatic rings. The summed E-state index contributed by atoms with van der Waals surface area (Å²) in [5, 5.41) is 18.1. The molecule has 1 aromatic rings. The lowest BCUT2D eigenvalue weighted by Crippen LogP contribution is -2.40. The third-order valence-corrected chi connectivity index (χ3v) is 3.12. The molecule has 1 aliphatic carbocycles. The quantitative estimate of drug-likeness (QED) is 0.857. The molecule has 0 amide bonds. The smallest absolute Gasteiger partial charge is 0.326 e. The number of nitrogens with zero attached hydrogens (tertiary/aromatic N) is 2. The van der Waals surface area contributed by atoms with Gasteiger partial charge >= 0.3 is 5.97 Å². The first kappa shape index (κ1) is 11.5. The van der Waals surface area contributed by atoms with E-state index in [0.29, 0.717) is 5.56 Å². The first-order chi connectivity index (χ1) is 8.13. The molecule has 0 heterocycles. The van der Waals surface area contributed by atoms with E-state index in [9.17, 15) is 9.90 Å². The molecule has 1 fully saturated rings. The summed E-state index contributed by atoms with van der Waals surface area (Å²) in [5.74, 6) is -0.555. The van der Waals surface area contributed by atoms with Crippen LogP contribution in [0.4, 0.5) is 5.69 Å². The Bertz CT molecular complexity index is 475. The minimum absolute atomic E-state index is 0.239. The lowest BCUT2D eigenvalue weighted by Gasteiger charge is -2.26. The van der Waals surface area contributed by atoms with Crippen molar-refractivity contribution in [2.45, 2.75) is 18.9 Å². The maximum absolute atomic E-state index is 11.2. The lowest BCUT2D eigenvalue weighted by molar-refractivity contribution is -0.139. The van der Waals surface area contributed by atoms with Crippen molar-refractivity contribution >= 4 is 11.7 Å². The summed E-state index contributed by atoms with van der Waals surface area (Å²) in [6.45, 7) is 0. The number of hydrogen-bond donors (Lipinski definition) is 1. The van der Waals surface area contributed by atoms with Crippen molar-refractivity contribution in [3.8, 4) is 6.07 Å². The summed E-state index contributed by atoms with van der Waals surface area (Å²) in [4.78, 5) is 13.0. The SMILES string of the molecule is CN(c1cccc(C#N)c1)C(C(=O)O)C1CC1. The minimum atomic E-state index is -0.794. The van der Waals surface area contributed by atoms with E-state index in [2.05, 4.69) is 6.07 Å². The number of benzene rings is 1. The van der Waals surface area contributed by atoms with Gasteiger partial charge in [0.05, 0.1) is 11.6 Å². The molecule has 0 spiro atoms. The highest BCUT2D eigenvalue weighted by molar-refractivity contribution is 5.79. The Balaban J connectivity index is 2.25. The van der Waals surface area contributed by atoms with Gasteiger partial charge in [0.25, 0.3) is 0 Å². The van der Waals surface area contributed by atoms with Crippen LogP contribution in [0, 0.1) is 17.2 Å². The predicted octanol–water partition coefficient (Wildman–Crippen LogP) is 1.86. The standard InChI is InChI=1S/C13H14N2O2/c1-15(12(13(16)17)10-5-6-10)11-4-2-3-9(7-11)8-14/h2-4,7,10,12H,5-6H2,1H3,(H,16,17). The van der Waals surface area contributed by atoms with Crippen LogP contribution in [0.2, 0.25) is 0 Å². The van der Waals surface area contributed by atoms with Gasteiger partial charge in [-0.1, -0.05) is 6.07 Å². The van der Waals surface area contributed by atoms with E-state index in [1.54, 1.807) is 30.1 Å². The van der Waals surface area contributed by atoms with Crippen molar-refractivity contribution in [2.75, 3.05) is 11.9 Å². The van der Waals surface area contributed by atoms with Crippen molar-refractivity contribution in [1.29, 1.82) is 5.26 Å². The van der Waals surface area contributed by atoms with Gasteiger partial charge in [-0.2, -0.15) is 5.26 Å². The number of hydrogen-bond acceptors (Lipinski definition) is 3. The van der Waals surface area contributed by atoms with Crippen LogP contribution in [0.25, 0.3) is 0 Å². The van der Waals surface area contributed by atoms with Gasteiger partial charge in [0.15, 0.2) is 0 Å². The highest BCUT2D eigenvalue weighted by Crippen LogP contribution is 2.36. The molecule has 1 N–H and O–H groups in total. The van der Waals surface area contributed by atoms with Gasteiger partial charge < -0.3 is 10.0 Å². The largest absolute Gasteiger partial charge is 0.480 e. The van der Waals surface area contributed by atoms with Crippen molar-refractivity contribution in [2.24, 2.45) is 5.92 Å². The molecule has 1 aromatic carbocycles. The average Bonchev–Trinajstić information content (AvgIpc) is 3.13. The van der Waals surface area contributed by atoms with Gasteiger partial charge in [0.2, 0.25) is 0 Å². The molecule has 0 radical (unpaired) electrons. The Kier molecular flexibility index (Phi) is 3.01. The molecule has 1 atom stereocenters. The van der Waals surface area contributed by atoms with E-state index in [1.165, 1.54) is 0 Å². The molecule has 4 heteroatoms. The minimum Gasteiger partial charge on any atom is -0.480 e. The molecule has 4 nitrogen and oxygen atoms in total. The monoisotopic (exact) mass is 230 g/mol. The van der Waals surface area contributed by atoms with Gasteiger partial charge in [-0.3, -0.25) is 0 Å². The number of carbonyl (C=O) groups is 1. The molecule has 0 saturated heterocycles. The molecule has 0 aromatic heterocycles. The molecule has 0 aliphatic heterocycles. The Morgan fingerprint density at radius 3 is 2.82 bits per heavy atom. The number of nitriles is 1. The summed E-state index contributed by atoms with van der Waals surface area (Å²) in [6, 6.07) is 8.62. The van der Waals surface area contributed by atoms with Crippen LogP contribution in [0.3, 0.4) is 0 Å². The third-order valence-electron chi connectivity index (χ3n) is 3.12. The molecule has 88 valence electrons. The normalized spacial score (nSPS) is 16.0. The van der Waals surface area contributed by atoms with Crippen molar-refractivity contribution in [3.05, 3.63) is 29.8 Å². The summed E-state index contributed by atoms with van der Waals surface area (Å²) in [7, 11) is 1.77. The molecule has 0 bridgehead atoms. The maximum Gasteiger partial charge on any atom is 0.326 e. The van der Waals surface area contributed by atoms with Gasteiger partial charge in [-0.05, 0) is 37.0 Å². The fourth-order valence-corrected chi connectivity index (χ4v) is 2.05. The molecule has 1 unspecified atom stereocenters. The predicted molar refractivity (Wildman–Crippen MR) is 63.7 cm³/mol.